The first-order valence-corrected chi connectivity index (χ1v) is 10.1. The number of carbonyl (C=O) groups is 1. The molecule has 0 amide bonds. The van der Waals surface area contributed by atoms with Crippen LogP contribution in [0.15, 0.2) is 36.4 Å². The van der Waals surface area contributed by atoms with Crippen molar-refractivity contribution in [2.24, 2.45) is 0 Å². The van der Waals surface area contributed by atoms with Gasteiger partial charge in [-0.2, -0.15) is 0 Å². The Morgan fingerprint density at radius 3 is 2.54 bits per heavy atom. The van der Waals surface area contributed by atoms with Gasteiger partial charge in [-0.3, -0.25) is 10.1 Å². The molecule has 0 aliphatic carbocycles. The van der Waals surface area contributed by atoms with Crippen LogP contribution >= 0.6 is 11.8 Å². The maximum absolute atomic E-state index is 11.2. The molecule has 3 rings (SSSR count). The predicted octanol–water partition coefficient (Wildman–Crippen LogP) is 3.56. The number of methoxy groups -OCH3 is 1. The van der Waals surface area contributed by atoms with E-state index < -0.39 is 12.0 Å². The van der Waals surface area contributed by atoms with Gasteiger partial charge in [0.1, 0.15) is 25.0 Å². The standard InChI is InChI=1S/C21H25NO5S/c1-13-9-14(2)11-15(10-13)26-7-8-27-19-16(5-4-6-18(19)25-3)20-22-17(12-28-20)21(23)24/h4-6,9-11,17,20,22H,7-8,12H2,1-3H3,(H,23,24). The topological polar surface area (TPSA) is 77.0 Å². The van der Waals surface area contributed by atoms with Crippen LogP contribution in [0, 0.1) is 13.8 Å². The van der Waals surface area contributed by atoms with Crippen LogP contribution in [0.2, 0.25) is 0 Å². The normalized spacial score (nSPS) is 18.7. The van der Waals surface area contributed by atoms with Gasteiger partial charge < -0.3 is 19.3 Å². The Labute approximate surface area is 169 Å². The molecule has 150 valence electrons. The SMILES string of the molecule is COc1cccc(C2NC(C(=O)O)CS2)c1OCCOc1cc(C)cc(C)c1. The highest BCUT2D eigenvalue weighted by Crippen LogP contribution is 2.42. The van der Waals surface area contributed by atoms with Gasteiger partial charge in [0.15, 0.2) is 11.5 Å². The fourth-order valence-corrected chi connectivity index (χ4v) is 4.42. The van der Waals surface area contributed by atoms with Crippen LogP contribution in [0.3, 0.4) is 0 Å². The Morgan fingerprint density at radius 2 is 1.89 bits per heavy atom. The Hall–Kier alpha value is -2.38. The number of hydrogen-bond acceptors (Lipinski definition) is 6. The molecular formula is C21H25NO5S. The highest BCUT2D eigenvalue weighted by molar-refractivity contribution is 7.99. The van der Waals surface area contributed by atoms with Crippen molar-refractivity contribution < 1.29 is 24.1 Å². The number of carboxylic acid groups (broad SMARTS) is 1. The lowest BCUT2D eigenvalue weighted by molar-refractivity contribution is -0.138. The number of para-hydroxylation sites is 1. The van der Waals surface area contributed by atoms with Crippen LogP contribution in [-0.2, 0) is 4.79 Å². The quantitative estimate of drug-likeness (QED) is 0.653. The second-order valence-corrected chi connectivity index (χ2v) is 7.81. The minimum atomic E-state index is -0.845. The van der Waals surface area contributed by atoms with Gasteiger partial charge in [0.2, 0.25) is 0 Å². The number of rotatable bonds is 8. The molecule has 1 saturated heterocycles. The fraction of sp³-hybridized carbons (Fsp3) is 0.381. The van der Waals surface area contributed by atoms with Crippen molar-refractivity contribution in [3.63, 3.8) is 0 Å². The fourth-order valence-electron chi connectivity index (χ4n) is 3.17. The molecule has 0 saturated carbocycles. The van der Waals surface area contributed by atoms with Crippen LogP contribution in [0.4, 0.5) is 0 Å². The molecule has 28 heavy (non-hydrogen) atoms. The minimum absolute atomic E-state index is 0.161. The summed E-state index contributed by atoms with van der Waals surface area (Å²) in [6, 6.07) is 11.2. The van der Waals surface area contributed by atoms with E-state index in [1.807, 2.05) is 44.2 Å². The van der Waals surface area contributed by atoms with Gasteiger partial charge in [-0.05, 0) is 43.2 Å². The molecule has 2 aromatic rings. The summed E-state index contributed by atoms with van der Waals surface area (Å²) in [5.41, 5.74) is 3.18. The first-order chi connectivity index (χ1) is 13.5. The van der Waals surface area contributed by atoms with E-state index in [9.17, 15) is 9.90 Å². The second-order valence-electron chi connectivity index (χ2n) is 6.67. The summed E-state index contributed by atoms with van der Waals surface area (Å²) >= 11 is 1.55. The number of carboxylic acids is 1. The molecule has 2 N–H and O–H groups in total. The Balaban J connectivity index is 1.66. The van der Waals surface area contributed by atoms with E-state index in [1.165, 1.54) is 0 Å². The largest absolute Gasteiger partial charge is 0.493 e. The maximum Gasteiger partial charge on any atom is 0.321 e. The average Bonchev–Trinajstić information content (AvgIpc) is 3.14. The van der Waals surface area contributed by atoms with Gasteiger partial charge in [-0.1, -0.05) is 18.2 Å². The van der Waals surface area contributed by atoms with E-state index >= 15 is 0 Å². The summed E-state index contributed by atoms with van der Waals surface area (Å²) in [6.45, 7) is 4.81. The lowest BCUT2D eigenvalue weighted by atomic mass is 10.1. The summed E-state index contributed by atoms with van der Waals surface area (Å²) < 4.78 is 17.3. The van der Waals surface area contributed by atoms with Crippen molar-refractivity contribution in [3.8, 4) is 17.2 Å². The van der Waals surface area contributed by atoms with E-state index in [4.69, 9.17) is 14.2 Å². The van der Waals surface area contributed by atoms with Crippen molar-refractivity contribution in [1.82, 2.24) is 5.32 Å². The lowest BCUT2D eigenvalue weighted by Crippen LogP contribution is -2.33. The summed E-state index contributed by atoms with van der Waals surface area (Å²) in [5.74, 6) is 1.71. The van der Waals surface area contributed by atoms with Crippen molar-refractivity contribution in [1.29, 1.82) is 0 Å². The number of hydrogen-bond donors (Lipinski definition) is 2. The van der Waals surface area contributed by atoms with Crippen LogP contribution in [-0.4, -0.2) is 43.2 Å². The van der Waals surface area contributed by atoms with E-state index in [2.05, 4.69) is 11.4 Å². The molecule has 7 heteroatoms. The third-order valence-electron chi connectivity index (χ3n) is 4.39. The number of aliphatic carboxylic acids is 1. The predicted molar refractivity (Wildman–Crippen MR) is 110 cm³/mol. The maximum atomic E-state index is 11.2. The van der Waals surface area contributed by atoms with Gasteiger partial charge in [0, 0.05) is 11.3 Å². The number of ether oxygens (including phenoxy) is 3. The molecule has 0 aromatic heterocycles. The Bertz CT molecular complexity index is 821. The van der Waals surface area contributed by atoms with Gasteiger partial charge in [0.05, 0.1) is 12.5 Å². The number of aryl methyl sites for hydroxylation is 2. The van der Waals surface area contributed by atoms with E-state index in [-0.39, 0.29) is 5.37 Å². The van der Waals surface area contributed by atoms with Gasteiger partial charge >= 0.3 is 5.97 Å². The monoisotopic (exact) mass is 403 g/mol. The van der Waals surface area contributed by atoms with Gasteiger partial charge in [-0.15, -0.1) is 11.8 Å². The summed E-state index contributed by atoms with van der Waals surface area (Å²) in [4.78, 5) is 11.2. The van der Waals surface area contributed by atoms with Crippen LogP contribution in [0.1, 0.15) is 22.1 Å². The van der Waals surface area contributed by atoms with Crippen LogP contribution in [0.5, 0.6) is 17.2 Å². The van der Waals surface area contributed by atoms with Gasteiger partial charge in [0.25, 0.3) is 0 Å². The van der Waals surface area contributed by atoms with Crippen LogP contribution in [0.25, 0.3) is 0 Å². The second kappa shape index (κ2) is 9.21. The van der Waals surface area contributed by atoms with Gasteiger partial charge in [-0.25, -0.2) is 0 Å². The zero-order valence-corrected chi connectivity index (χ0v) is 17.0. The first kappa shape index (κ1) is 20.4. The summed E-state index contributed by atoms with van der Waals surface area (Å²) in [7, 11) is 1.59. The average molecular weight is 404 g/mol. The number of nitrogens with one attached hydrogen (secondary N) is 1. The molecule has 0 bridgehead atoms. The molecule has 1 aliphatic heterocycles. The highest BCUT2D eigenvalue weighted by atomic mass is 32.2. The summed E-state index contributed by atoms with van der Waals surface area (Å²) in [6.07, 6.45) is 0. The number of benzene rings is 2. The van der Waals surface area contributed by atoms with Crippen molar-refractivity contribution in [3.05, 3.63) is 53.1 Å². The molecule has 1 heterocycles. The van der Waals surface area contributed by atoms with Crippen molar-refractivity contribution >= 4 is 17.7 Å². The molecule has 2 aromatic carbocycles. The highest BCUT2D eigenvalue weighted by Gasteiger charge is 2.32. The molecule has 6 nitrogen and oxygen atoms in total. The molecule has 2 unspecified atom stereocenters. The molecule has 0 radical (unpaired) electrons. The third-order valence-corrected chi connectivity index (χ3v) is 5.63. The molecular weight excluding hydrogens is 378 g/mol. The zero-order chi connectivity index (χ0) is 20.1. The van der Waals surface area contributed by atoms with E-state index in [1.54, 1.807) is 18.9 Å². The zero-order valence-electron chi connectivity index (χ0n) is 16.2. The molecule has 0 spiro atoms. The number of thioether (sulfide) groups is 1. The molecule has 1 fully saturated rings. The smallest absolute Gasteiger partial charge is 0.321 e. The molecule has 1 aliphatic rings. The van der Waals surface area contributed by atoms with Crippen molar-refractivity contribution in [2.75, 3.05) is 26.1 Å². The van der Waals surface area contributed by atoms with E-state index in [0.29, 0.717) is 30.5 Å². The van der Waals surface area contributed by atoms with Crippen molar-refractivity contribution in [2.45, 2.75) is 25.3 Å². The Morgan fingerprint density at radius 1 is 1.18 bits per heavy atom. The summed E-state index contributed by atoms with van der Waals surface area (Å²) in [5, 5.41) is 12.2. The van der Waals surface area contributed by atoms with Crippen LogP contribution < -0.4 is 19.5 Å². The lowest BCUT2D eigenvalue weighted by Gasteiger charge is -2.19. The molecule has 2 atom stereocenters. The Kier molecular flexibility index (Phi) is 6.70. The van der Waals surface area contributed by atoms with E-state index in [0.717, 1.165) is 22.4 Å². The third kappa shape index (κ3) is 4.91. The minimum Gasteiger partial charge on any atom is -0.493 e. The first-order valence-electron chi connectivity index (χ1n) is 9.09.